The van der Waals surface area contributed by atoms with Gasteiger partial charge in [-0.25, -0.2) is 4.79 Å². The van der Waals surface area contributed by atoms with Crippen LogP contribution in [0.25, 0.3) is 11.2 Å². The Hall–Kier alpha value is -4.23. The fourth-order valence-electron chi connectivity index (χ4n) is 4.67. The molecular formula is C25H26N8O2. The van der Waals surface area contributed by atoms with Crippen molar-refractivity contribution in [3.8, 4) is 6.07 Å². The van der Waals surface area contributed by atoms with E-state index in [9.17, 15) is 14.9 Å². The number of anilines is 1. The van der Waals surface area contributed by atoms with Gasteiger partial charge < -0.3 is 10.6 Å². The topological polar surface area (TPSA) is 128 Å². The van der Waals surface area contributed by atoms with Crippen molar-refractivity contribution in [1.82, 2.24) is 23.7 Å². The second-order valence-corrected chi connectivity index (χ2v) is 8.84. The molecule has 4 heterocycles. The molecule has 10 heteroatoms. The highest BCUT2D eigenvalue weighted by atomic mass is 16.2. The molecule has 1 fully saturated rings. The minimum Gasteiger partial charge on any atom is -0.341 e. The van der Waals surface area contributed by atoms with Gasteiger partial charge >= 0.3 is 5.69 Å². The van der Waals surface area contributed by atoms with Crippen molar-refractivity contribution >= 4 is 17.1 Å². The Morgan fingerprint density at radius 3 is 2.66 bits per heavy atom. The number of pyridine rings is 1. The molecular weight excluding hydrogens is 444 g/mol. The van der Waals surface area contributed by atoms with E-state index in [4.69, 9.17) is 10.7 Å². The summed E-state index contributed by atoms with van der Waals surface area (Å²) in [6.45, 7) is 1.65. The summed E-state index contributed by atoms with van der Waals surface area (Å²) in [5.74, 6) is 0.575. The Morgan fingerprint density at radius 2 is 1.91 bits per heavy atom. The van der Waals surface area contributed by atoms with Crippen LogP contribution in [0, 0.1) is 11.3 Å². The van der Waals surface area contributed by atoms with Crippen LogP contribution in [0.1, 0.15) is 29.7 Å². The Bertz CT molecular complexity index is 1540. The van der Waals surface area contributed by atoms with Crippen LogP contribution in [-0.4, -0.2) is 42.8 Å². The fourth-order valence-corrected chi connectivity index (χ4v) is 4.67. The van der Waals surface area contributed by atoms with Gasteiger partial charge in [0.05, 0.1) is 30.4 Å². The molecule has 1 unspecified atom stereocenters. The number of piperidine rings is 1. The van der Waals surface area contributed by atoms with Gasteiger partial charge in [-0.2, -0.15) is 10.2 Å². The Morgan fingerprint density at radius 1 is 1.11 bits per heavy atom. The monoisotopic (exact) mass is 470 g/mol. The standard InChI is InChI=1S/C25H26N8O2/c1-30-22-21(23(34)33(25(30)35)16-20-10-4-5-11-28-20)32(14-18-8-3-2-7-17(18)13-26)24(29-22)31-12-6-9-19(27)15-31/h2-5,7-8,10-11,19H,6,9,12,14-16,27H2,1H3. The first-order chi connectivity index (χ1) is 17.0. The van der Waals surface area contributed by atoms with E-state index in [-0.39, 0.29) is 19.1 Å². The average molecular weight is 471 g/mol. The molecule has 178 valence electrons. The molecule has 35 heavy (non-hydrogen) atoms. The number of hydrogen-bond donors (Lipinski definition) is 1. The van der Waals surface area contributed by atoms with Gasteiger partial charge in [-0.15, -0.1) is 0 Å². The van der Waals surface area contributed by atoms with Gasteiger partial charge in [-0.05, 0) is 36.6 Å². The largest absolute Gasteiger partial charge is 0.341 e. The molecule has 10 nitrogen and oxygen atoms in total. The number of aryl methyl sites for hydroxylation is 1. The molecule has 1 saturated heterocycles. The highest BCUT2D eigenvalue weighted by molar-refractivity contribution is 5.75. The highest BCUT2D eigenvalue weighted by Gasteiger charge is 2.27. The molecule has 0 spiro atoms. The van der Waals surface area contributed by atoms with E-state index >= 15 is 0 Å². The Kier molecular flexibility index (Phi) is 5.93. The normalized spacial score (nSPS) is 15.9. The number of aromatic nitrogens is 5. The number of nitrogens with two attached hydrogens (primary N) is 1. The highest BCUT2D eigenvalue weighted by Crippen LogP contribution is 2.25. The van der Waals surface area contributed by atoms with E-state index in [1.54, 1.807) is 31.4 Å². The van der Waals surface area contributed by atoms with Gasteiger partial charge in [0, 0.05) is 32.4 Å². The summed E-state index contributed by atoms with van der Waals surface area (Å²) >= 11 is 0. The van der Waals surface area contributed by atoms with Crippen molar-refractivity contribution in [1.29, 1.82) is 5.26 Å². The van der Waals surface area contributed by atoms with Gasteiger partial charge in [0.1, 0.15) is 0 Å². The Balaban J connectivity index is 1.75. The van der Waals surface area contributed by atoms with Crippen LogP contribution in [0.3, 0.4) is 0 Å². The Labute approximate surface area is 201 Å². The van der Waals surface area contributed by atoms with Crippen LogP contribution in [0.2, 0.25) is 0 Å². The van der Waals surface area contributed by atoms with Gasteiger partial charge in [0.15, 0.2) is 11.2 Å². The molecule has 0 bridgehead atoms. The molecule has 3 aromatic heterocycles. The summed E-state index contributed by atoms with van der Waals surface area (Å²) in [6, 6.07) is 14.9. The van der Waals surface area contributed by atoms with Crippen LogP contribution in [0.5, 0.6) is 0 Å². The summed E-state index contributed by atoms with van der Waals surface area (Å²) in [5.41, 5.74) is 7.86. The smallest absolute Gasteiger partial charge is 0.332 e. The van der Waals surface area contributed by atoms with Crippen LogP contribution in [-0.2, 0) is 20.1 Å². The lowest BCUT2D eigenvalue weighted by Gasteiger charge is -2.32. The van der Waals surface area contributed by atoms with Crippen molar-refractivity contribution in [2.24, 2.45) is 12.8 Å². The van der Waals surface area contributed by atoms with Gasteiger partial charge in [0.25, 0.3) is 5.56 Å². The van der Waals surface area contributed by atoms with E-state index in [1.165, 1.54) is 9.13 Å². The SMILES string of the molecule is Cn1c(=O)n(Cc2ccccn2)c(=O)c2c1nc(N1CCCC(N)C1)n2Cc1ccccc1C#N. The van der Waals surface area contributed by atoms with Gasteiger partial charge in [-0.1, -0.05) is 24.3 Å². The van der Waals surface area contributed by atoms with Crippen molar-refractivity contribution in [2.75, 3.05) is 18.0 Å². The van der Waals surface area contributed by atoms with E-state index in [2.05, 4.69) is 16.0 Å². The van der Waals surface area contributed by atoms with E-state index in [0.29, 0.717) is 34.9 Å². The third-order valence-corrected chi connectivity index (χ3v) is 6.47. The first-order valence-corrected chi connectivity index (χ1v) is 11.6. The summed E-state index contributed by atoms with van der Waals surface area (Å²) in [7, 11) is 1.62. The third kappa shape index (κ3) is 4.11. The number of nitriles is 1. The van der Waals surface area contributed by atoms with Gasteiger partial charge in [0.2, 0.25) is 5.95 Å². The maximum atomic E-state index is 13.8. The van der Waals surface area contributed by atoms with Crippen molar-refractivity contribution in [2.45, 2.75) is 32.0 Å². The van der Waals surface area contributed by atoms with Crippen LogP contribution in [0.4, 0.5) is 5.95 Å². The quantitative estimate of drug-likeness (QED) is 0.464. The van der Waals surface area contributed by atoms with Crippen molar-refractivity contribution in [3.63, 3.8) is 0 Å². The molecule has 0 radical (unpaired) electrons. The zero-order valence-corrected chi connectivity index (χ0v) is 19.5. The summed E-state index contributed by atoms with van der Waals surface area (Å²) in [4.78, 5) is 38.1. The number of benzene rings is 1. The lowest BCUT2D eigenvalue weighted by molar-refractivity contribution is 0.495. The predicted molar refractivity (Wildman–Crippen MR) is 132 cm³/mol. The van der Waals surface area contributed by atoms with E-state index < -0.39 is 11.2 Å². The summed E-state index contributed by atoms with van der Waals surface area (Å²) < 4.78 is 4.41. The van der Waals surface area contributed by atoms with E-state index in [1.807, 2.05) is 28.8 Å². The van der Waals surface area contributed by atoms with Gasteiger partial charge in [-0.3, -0.25) is 23.5 Å². The second kappa shape index (κ2) is 9.19. The van der Waals surface area contributed by atoms with Crippen molar-refractivity contribution < 1.29 is 0 Å². The van der Waals surface area contributed by atoms with Crippen LogP contribution in [0.15, 0.2) is 58.3 Å². The third-order valence-electron chi connectivity index (χ3n) is 6.47. The maximum absolute atomic E-state index is 13.8. The predicted octanol–water partition coefficient (Wildman–Crippen LogP) is 1.19. The number of nitrogens with zero attached hydrogens (tertiary/aromatic N) is 7. The molecule has 4 aromatic rings. The first kappa shape index (κ1) is 22.6. The lowest BCUT2D eigenvalue weighted by Crippen LogP contribution is -2.44. The lowest BCUT2D eigenvalue weighted by atomic mass is 10.1. The molecule has 0 saturated carbocycles. The number of rotatable bonds is 5. The molecule has 1 aliphatic rings. The molecule has 1 atom stereocenters. The molecule has 2 N–H and O–H groups in total. The molecule has 1 aromatic carbocycles. The molecule has 0 amide bonds. The van der Waals surface area contributed by atoms with Crippen molar-refractivity contribution in [3.05, 3.63) is 86.3 Å². The number of fused-ring (bicyclic) bond motifs is 1. The zero-order chi connectivity index (χ0) is 24.5. The molecule has 0 aliphatic carbocycles. The minimum absolute atomic E-state index is 0.00645. The second-order valence-electron chi connectivity index (χ2n) is 8.84. The average Bonchev–Trinajstić information content (AvgIpc) is 3.26. The molecule has 1 aliphatic heterocycles. The summed E-state index contributed by atoms with van der Waals surface area (Å²) in [5, 5.41) is 9.64. The fraction of sp³-hybridized carbons (Fsp3) is 0.320. The molecule has 5 rings (SSSR count). The number of hydrogen-bond acceptors (Lipinski definition) is 7. The maximum Gasteiger partial charge on any atom is 0.332 e. The van der Waals surface area contributed by atoms with Crippen LogP contribution >= 0.6 is 0 Å². The minimum atomic E-state index is -0.461. The zero-order valence-electron chi connectivity index (χ0n) is 19.5. The first-order valence-electron chi connectivity index (χ1n) is 11.6. The summed E-state index contributed by atoms with van der Waals surface area (Å²) in [6.07, 6.45) is 3.45. The number of imidazole rings is 1. The van der Waals surface area contributed by atoms with E-state index in [0.717, 1.165) is 24.9 Å². The van der Waals surface area contributed by atoms with Crippen LogP contribution < -0.4 is 21.9 Å².